The normalized spacial score (nSPS) is 19.3. The number of aromatic nitrogens is 2. The molecular weight excluding hydrogens is 1030 g/mol. The van der Waals surface area contributed by atoms with Crippen molar-refractivity contribution >= 4 is 79.6 Å². The Morgan fingerprint density at radius 1 is 1.05 bits per heavy atom. The van der Waals surface area contributed by atoms with Crippen LogP contribution in [0.15, 0.2) is 94.7 Å². The van der Waals surface area contributed by atoms with Gasteiger partial charge in [-0.15, -0.1) is 0 Å². The minimum absolute atomic E-state index is 0.000989. The number of hydrogen-bond acceptors (Lipinski definition) is 10. The quantitative estimate of drug-likeness (QED) is 0.101. The van der Waals surface area contributed by atoms with Crippen LogP contribution in [0.25, 0.3) is 11.0 Å². The van der Waals surface area contributed by atoms with Gasteiger partial charge in [-0.2, -0.15) is 13.2 Å². The van der Waals surface area contributed by atoms with E-state index in [2.05, 4.69) is 15.3 Å². The third-order valence-corrected chi connectivity index (χ3v) is 11.9. The van der Waals surface area contributed by atoms with Crippen molar-refractivity contribution in [2.24, 2.45) is 5.92 Å². The van der Waals surface area contributed by atoms with Crippen molar-refractivity contribution in [3.05, 3.63) is 125 Å². The Labute approximate surface area is 375 Å². The average Bonchev–Trinajstić information content (AvgIpc) is 3.64. The van der Waals surface area contributed by atoms with Crippen molar-refractivity contribution in [3.8, 4) is 5.75 Å². The number of piperazine rings is 1. The molecule has 2 aliphatic rings. The van der Waals surface area contributed by atoms with E-state index in [1.165, 1.54) is 6.20 Å². The van der Waals surface area contributed by atoms with Gasteiger partial charge >= 0.3 is 6.18 Å². The van der Waals surface area contributed by atoms with E-state index >= 15 is 0 Å². The molecule has 0 spiro atoms. The number of rotatable bonds is 12. The predicted octanol–water partition coefficient (Wildman–Crippen LogP) is 5.45. The summed E-state index contributed by atoms with van der Waals surface area (Å²) in [5.74, 6) is -0.841. The van der Waals surface area contributed by atoms with E-state index < -0.39 is 48.8 Å². The SMILES string of the molecule is O=C(N[C@H]1c2ccccc2OC[C@H]1O)[C@H](Cc1ccccc1)C[C@H](O)CN1CCN(Cc2cc3cncc(Cl)c3o2)C[C@H]1C(=O)NCC(F)(F)F.O=c1c(I)c[nH]cc1I. The summed E-state index contributed by atoms with van der Waals surface area (Å²) in [5.41, 5.74) is 2.07. The molecule has 3 aromatic heterocycles. The Morgan fingerprint density at radius 2 is 1.77 bits per heavy atom. The fourth-order valence-corrected chi connectivity index (χ4v) is 8.82. The number of nitrogens with zero attached hydrogens (tertiary/aromatic N) is 3. The Kier molecular flexibility index (Phi) is 15.9. The standard InChI is InChI=1S/C36H39ClF3N5O6.C5H3I2NO/c37-28-16-41-15-24-14-26(51-33(24)28)18-44-10-11-45(29(19-44)35(49)42-21-36(38,39)40)17-25(46)13-23(12-22-6-2-1-3-7-22)34(48)43-32-27-8-4-5-9-31(27)50-20-30(32)47;6-3-1-8-2-4(7)5(3)9/h1-9,14-16,23,25,29-30,32,46-47H,10-13,17-21H2,(H,42,49)(H,43,48);1-2H,(H,8,9)/t23-,25+,29+,30-,32+;/m1./s1. The number of hydrogen-bond donors (Lipinski definition) is 5. The van der Waals surface area contributed by atoms with Crippen LogP contribution in [0, 0.1) is 13.1 Å². The van der Waals surface area contributed by atoms with E-state index in [9.17, 15) is 37.8 Å². The highest BCUT2D eigenvalue weighted by atomic mass is 127. The van der Waals surface area contributed by atoms with Crippen molar-refractivity contribution in [1.29, 1.82) is 0 Å². The number of pyridine rings is 2. The third kappa shape index (κ3) is 12.4. The Bertz CT molecular complexity index is 2280. The van der Waals surface area contributed by atoms with Crippen LogP contribution in [0.5, 0.6) is 5.75 Å². The first-order valence-electron chi connectivity index (χ1n) is 18.9. The number of carbonyl (C=O) groups excluding carboxylic acids is 2. The molecule has 7 rings (SSSR count). The van der Waals surface area contributed by atoms with Crippen molar-refractivity contribution in [2.75, 3.05) is 39.3 Å². The molecule has 0 aliphatic carbocycles. The molecule has 0 saturated carbocycles. The highest BCUT2D eigenvalue weighted by Crippen LogP contribution is 2.33. The Hall–Kier alpha value is -3.80. The molecule has 2 amide bonds. The smallest absolute Gasteiger partial charge is 0.405 e. The second-order valence-corrected chi connectivity index (χ2v) is 17.2. The topological polar surface area (TPSA) is 173 Å². The number of nitrogens with one attached hydrogen (secondary N) is 3. The highest BCUT2D eigenvalue weighted by molar-refractivity contribution is 14.1. The maximum absolute atomic E-state index is 13.9. The number of halogens is 6. The van der Waals surface area contributed by atoms with Gasteiger partial charge in [0.15, 0.2) is 5.58 Å². The highest BCUT2D eigenvalue weighted by Gasteiger charge is 2.38. The second-order valence-electron chi connectivity index (χ2n) is 14.5. The molecule has 2 aliphatic heterocycles. The van der Waals surface area contributed by atoms with Crippen LogP contribution < -0.4 is 20.8 Å². The number of amides is 2. The summed E-state index contributed by atoms with van der Waals surface area (Å²) in [7, 11) is 0. The van der Waals surface area contributed by atoms with Crippen LogP contribution in [-0.2, 0) is 22.6 Å². The molecule has 13 nitrogen and oxygen atoms in total. The molecule has 5 heterocycles. The maximum atomic E-state index is 13.9. The number of H-pyrrole nitrogens is 1. The monoisotopic (exact) mass is 1080 g/mol. The van der Waals surface area contributed by atoms with Crippen LogP contribution in [0.2, 0.25) is 5.02 Å². The van der Waals surface area contributed by atoms with Crippen LogP contribution in [0.3, 0.4) is 0 Å². The minimum Gasteiger partial charge on any atom is -0.490 e. The molecule has 5 aromatic rings. The molecule has 0 unspecified atom stereocenters. The van der Waals surface area contributed by atoms with Gasteiger partial charge in [0.05, 0.1) is 25.8 Å². The van der Waals surface area contributed by atoms with Gasteiger partial charge in [-0.3, -0.25) is 29.2 Å². The van der Waals surface area contributed by atoms with Gasteiger partial charge in [0.1, 0.15) is 41.8 Å². The van der Waals surface area contributed by atoms with Crippen molar-refractivity contribution < 1.29 is 42.1 Å². The number of ether oxygens (including phenoxy) is 1. The lowest BCUT2D eigenvalue weighted by atomic mass is 9.90. The zero-order chi connectivity index (χ0) is 43.0. The first-order valence-corrected chi connectivity index (χ1v) is 21.5. The molecule has 60 heavy (non-hydrogen) atoms. The molecule has 5 N–H and O–H groups in total. The van der Waals surface area contributed by atoms with Crippen LogP contribution in [0.4, 0.5) is 13.2 Å². The molecule has 2 aromatic carbocycles. The van der Waals surface area contributed by atoms with Gasteiger partial charge in [-0.1, -0.05) is 60.1 Å². The summed E-state index contributed by atoms with van der Waals surface area (Å²) in [6.45, 7) is -0.546. The molecule has 0 radical (unpaired) electrons. The number of aliphatic hydroxyl groups excluding tert-OH is 2. The van der Waals surface area contributed by atoms with Gasteiger partial charge < -0.3 is 35.0 Å². The number of aromatic amines is 1. The van der Waals surface area contributed by atoms with E-state index in [1.807, 2.05) is 85.7 Å². The first-order chi connectivity index (χ1) is 28.6. The lowest BCUT2D eigenvalue weighted by molar-refractivity contribution is -0.143. The molecule has 320 valence electrons. The van der Waals surface area contributed by atoms with Crippen LogP contribution in [-0.4, -0.2) is 106 Å². The van der Waals surface area contributed by atoms with E-state index in [1.54, 1.807) is 53.8 Å². The lowest BCUT2D eigenvalue weighted by Crippen LogP contribution is -2.60. The number of aliphatic hydroxyl groups is 2. The minimum atomic E-state index is -4.60. The number of benzene rings is 2. The molecule has 0 bridgehead atoms. The van der Waals surface area contributed by atoms with Crippen molar-refractivity contribution in [1.82, 2.24) is 30.4 Å². The van der Waals surface area contributed by atoms with Gasteiger partial charge in [-0.25, -0.2) is 0 Å². The lowest BCUT2D eigenvalue weighted by Gasteiger charge is -2.41. The first kappa shape index (κ1) is 45.7. The number of para-hydroxylation sites is 1. The largest absolute Gasteiger partial charge is 0.490 e. The fourth-order valence-electron chi connectivity index (χ4n) is 7.16. The van der Waals surface area contributed by atoms with Crippen LogP contribution in [0.1, 0.15) is 29.3 Å². The van der Waals surface area contributed by atoms with Gasteiger partial charge in [0.2, 0.25) is 17.2 Å². The summed E-state index contributed by atoms with van der Waals surface area (Å²) in [6.07, 6.45) is -0.00165. The van der Waals surface area contributed by atoms with Crippen LogP contribution >= 0.6 is 56.8 Å². The Balaban J connectivity index is 0.000000594. The van der Waals surface area contributed by atoms with Crippen molar-refractivity contribution in [2.45, 2.75) is 49.9 Å². The van der Waals surface area contributed by atoms with Crippen molar-refractivity contribution in [3.63, 3.8) is 0 Å². The maximum Gasteiger partial charge on any atom is 0.405 e. The molecule has 1 saturated heterocycles. The van der Waals surface area contributed by atoms with E-state index in [0.29, 0.717) is 39.6 Å². The zero-order valence-corrected chi connectivity index (χ0v) is 36.9. The zero-order valence-electron chi connectivity index (χ0n) is 31.9. The molecule has 19 heteroatoms. The number of furan rings is 1. The summed E-state index contributed by atoms with van der Waals surface area (Å²) in [5, 5.41) is 28.2. The predicted molar refractivity (Wildman–Crippen MR) is 234 cm³/mol. The third-order valence-electron chi connectivity index (χ3n) is 10.0. The van der Waals surface area contributed by atoms with Gasteiger partial charge in [-0.05, 0) is 75.7 Å². The number of alkyl halides is 3. The number of carbonyl (C=O) groups is 2. The fraction of sp³-hybridized carbons (Fsp3) is 0.366. The Morgan fingerprint density at radius 3 is 2.47 bits per heavy atom. The number of fused-ring (bicyclic) bond motifs is 2. The average molecular weight is 1080 g/mol. The van der Waals surface area contributed by atoms with Gasteiger partial charge in [0, 0.05) is 67.8 Å². The molecular formula is C41H42ClF3I2N6O7. The van der Waals surface area contributed by atoms with E-state index in [4.69, 9.17) is 20.8 Å². The van der Waals surface area contributed by atoms with E-state index in [-0.39, 0.29) is 57.0 Å². The number of β-amino-alcohol motifs (C(OH)–C–C–N with tert-alkyl or cyclic N) is 1. The van der Waals surface area contributed by atoms with Gasteiger partial charge in [0.25, 0.3) is 0 Å². The molecule has 5 atom stereocenters. The summed E-state index contributed by atoms with van der Waals surface area (Å²) >= 11 is 10.2. The summed E-state index contributed by atoms with van der Waals surface area (Å²) in [6, 6.07) is 16.4. The summed E-state index contributed by atoms with van der Waals surface area (Å²) < 4.78 is 52.3. The van der Waals surface area contributed by atoms with E-state index in [0.717, 1.165) is 12.7 Å². The molecule has 1 fully saturated rings. The summed E-state index contributed by atoms with van der Waals surface area (Å²) in [4.78, 5) is 48.5. The second kappa shape index (κ2) is 20.8.